The van der Waals surface area contributed by atoms with E-state index in [-0.39, 0.29) is 0 Å². The van der Waals surface area contributed by atoms with E-state index in [2.05, 4.69) is 38.2 Å². The molecular weight excluding hydrogens is 380 g/mol. The fraction of sp³-hybridized carbons (Fsp3) is 0.500. The fourth-order valence-electron chi connectivity index (χ4n) is 2.66. The van der Waals surface area contributed by atoms with Crippen molar-refractivity contribution in [3.05, 3.63) is 53.9 Å². The Morgan fingerprint density at radius 1 is 1.10 bits per heavy atom. The topological polar surface area (TPSA) is 92.6 Å². The molecule has 1 amide bonds. The lowest BCUT2D eigenvalue weighted by Gasteiger charge is -2.19. The van der Waals surface area contributed by atoms with Gasteiger partial charge in [-0.3, -0.25) is 4.68 Å². The van der Waals surface area contributed by atoms with Crippen LogP contribution in [0.25, 0.3) is 0 Å². The lowest BCUT2D eigenvalue weighted by atomic mass is 10.2. The predicted molar refractivity (Wildman–Crippen MR) is 119 cm³/mol. The molecule has 8 nitrogen and oxygen atoms in total. The monoisotopic (exact) mass is 414 g/mol. The van der Waals surface area contributed by atoms with Gasteiger partial charge in [0.25, 0.3) is 0 Å². The second-order valence-electron chi connectivity index (χ2n) is 7.94. The number of guanidine groups is 1. The number of carbonyl (C=O) groups is 1. The molecule has 0 aliphatic heterocycles. The van der Waals surface area contributed by atoms with Gasteiger partial charge in [0.05, 0.1) is 19.3 Å². The van der Waals surface area contributed by atoms with Crippen LogP contribution >= 0.6 is 0 Å². The first-order valence-corrected chi connectivity index (χ1v) is 10.4. The van der Waals surface area contributed by atoms with Crippen LogP contribution in [0.3, 0.4) is 0 Å². The van der Waals surface area contributed by atoms with Crippen molar-refractivity contribution in [1.82, 2.24) is 25.7 Å². The maximum atomic E-state index is 11.6. The molecule has 8 heteroatoms. The number of amides is 1. The number of aliphatic imine (C=N–C) groups is 1. The van der Waals surface area contributed by atoms with E-state index in [9.17, 15) is 4.79 Å². The van der Waals surface area contributed by atoms with Crippen LogP contribution in [0.5, 0.6) is 0 Å². The summed E-state index contributed by atoms with van der Waals surface area (Å²) in [6.45, 7) is 10.8. The second-order valence-corrected chi connectivity index (χ2v) is 7.94. The van der Waals surface area contributed by atoms with Gasteiger partial charge in [-0.2, -0.15) is 5.10 Å². The number of nitrogens with one attached hydrogen (secondary N) is 3. The molecule has 30 heavy (non-hydrogen) atoms. The van der Waals surface area contributed by atoms with E-state index in [1.807, 2.05) is 63.0 Å². The van der Waals surface area contributed by atoms with Crippen LogP contribution in [0.15, 0.2) is 47.7 Å². The molecule has 0 fully saturated rings. The molecule has 0 atom stereocenters. The summed E-state index contributed by atoms with van der Waals surface area (Å²) >= 11 is 0. The number of ether oxygens (including phenoxy) is 1. The molecule has 2 rings (SSSR count). The van der Waals surface area contributed by atoms with Crippen molar-refractivity contribution in [2.45, 2.75) is 52.8 Å². The van der Waals surface area contributed by atoms with Gasteiger partial charge in [-0.1, -0.05) is 30.3 Å². The van der Waals surface area contributed by atoms with Crippen LogP contribution in [-0.4, -0.2) is 47.1 Å². The highest BCUT2D eigenvalue weighted by molar-refractivity contribution is 5.79. The Balaban J connectivity index is 1.74. The number of benzene rings is 1. The minimum Gasteiger partial charge on any atom is -0.444 e. The van der Waals surface area contributed by atoms with Crippen LogP contribution in [0.2, 0.25) is 0 Å². The minimum absolute atomic E-state index is 0.393. The first-order chi connectivity index (χ1) is 14.4. The van der Waals surface area contributed by atoms with Gasteiger partial charge in [0, 0.05) is 31.4 Å². The molecule has 2 aromatic rings. The van der Waals surface area contributed by atoms with Gasteiger partial charge in [-0.05, 0) is 39.7 Å². The lowest BCUT2D eigenvalue weighted by Crippen LogP contribution is -2.39. The molecule has 1 aromatic carbocycles. The standard InChI is InChI=1S/C22H34N6O2/c1-5-23-20(24-12-9-13-25-21(29)30-22(2,3)4)26-14-19-15-27-28(17-19)16-18-10-7-6-8-11-18/h6-8,10-11,15,17H,5,9,12-14,16H2,1-4H3,(H,25,29)(H2,23,24,26). The molecule has 0 aliphatic carbocycles. The van der Waals surface area contributed by atoms with Crippen molar-refractivity contribution in [2.75, 3.05) is 19.6 Å². The molecule has 0 aliphatic rings. The fourth-order valence-corrected chi connectivity index (χ4v) is 2.66. The van der Waals surface area contributed by atoms with Crippen molar-refractivity contribution in [3.8, 4) is 0 Å². The van der Waals surface area contributed by atoms with Crippen molar-refractivity contribution in [3.63, 3.8) is 0 Å². The van der Waals surface area contributed by atoms with Crippen LogP contribution in [0.4, 0.5) is 4.79 Å². The highest BCUT2D eigenvalue weighted by atomic mass is 16.6. The number of alkyl carbamates (subject to hydrolysis) is 1. The zero-order valence-electron chi connectivity index (χ0n) is 18.4. The molecular formula is C22H34N6O2. The molecule has 164 valence electrons. The highest BCUT2D eigenvalue weighted by Crippen LogP contribution is 2.06. The molecule has 0 bridgehead atoms. The van der Waals surface area contributed by atoms with E-state index in [1.165, 1.54) is 5.56 Å². The molecule has 0 spiro atoms. The number of hydrogen-bond donors (Lipinski definition) is 3. The zero-order valence-corrected chi connectivity index (χ0v) is 18.4. The Labute approximate surface area is 179 Å². The molecule has 0 saturated carbocycles. The summed E-state index contributed by atoms with van der Waals surface area (Å²) in [6.07, 6.45) is 4.24. The summed E-state index contributed by atoms with van der Waals surface area (Å²) in [4.78, 5) is 16.3. The summed E-state index contributed by atoms with van der Waals surface area (Å²) in [5, 5.41) is 13.7. The molecule has 0 saturated heterocycles. The maximum absolute atomic E-state index is 11.6. The maximum Gasteiger partial charge on any atom is 0.407 e. The van der Waals surface area contributed by atoms with E-state index in [4.69, 9.17) is 4.74 Å². The molecule has 1 heterocycles. The average Bonchev–Trinajstić information content (AvgIpc) is 3.12. The largest absolute Gasteiger partial charge is 0.444 e. The van der Waals surface area contributed by atoms with Gasteiger partial charge in [-0.15, -0.1) is 0 Å². The molecule has 0 unspecified atom stereocenters. The number of nitrogens with zero attached hydrogens (tertiary/aromatic N) is 3. The normalized spacial score (nSPS) is 11.8. The van der Waals surface area contributed by atoms with Gasteiger partial charge >= 0.3 is 6.09 Å². The van der Waals surface area contributed by atoms with Crippen LogP contribution in [0.1, 0.15) is 45.2 Å². The van der Waals surface area contributed by atoms with Crippen LogP contribution in [-0.2, 0) is 17.8 Å². The molecule has 0 radical (unpaired) electrons. The predicted octanol–water partition coefficient (Wildman–Crippen LogP) is 2.90. The summed E-state index contributed by atoms with van der Waals surface area (Å²) in [7, 11) is 0. The second kappa shape index (κ2) is 11.8. The van der Waals surface area contributed by atoms with E-state index in [1.54, 1.807) is 0 Å². The van der Waals surface area contributed by atoms with Gasteiger partial charge < -0.3 is 20.7 Å². The average molecular weight is 415 g/mol. The van der Waals surface area contributed by atoms with Gasteiger partial charge in [0.15, 0.2) is 5.96 Å². The van der Waals surface area contributed by atoms with Crippen LogP contribution in [0, 0.1) is 0 Å². The Kier molecular flexibility index (Phi) is 9.18. The number of rotatable bonds is 9. The smallest absolute Gasteiger partial charge is 0.407 e. The summed E-state index contributed by atoms with van der Waals surface area (Å²) in [5.74, 6) is 0.741. The quantitative estimate of drug-likeness (QED) is 0.333. The van der Waals surface area contributed by atoms with Gasteiger partial charge in [-0.25, -0.2) is 9.79 Å². The number of carbonyl (C=O) groups excluding carboxylic acids is 1. The summed E-state index contributed by atoms with van der Waals surface area (Å²) in [6, 6.07) is 10.2. The van der Waals surface area contributed by atoms with E-state index >= 15 is 0 Å². The minimum atomic E-state index is -0.484. The van der Waals surface area contributed by atoms with E-state index in [0.29, 0.717) is 19.6 Å². The van der Waals surface area contributed by atoms with Crippen molar-refractivity contribution < 1.29 is 9.53 Å². The summed E-state index contributed by atoms with van der Waals surface area (Å²) in [5.41, 5.74) is 1.78. The Hall–Kier alpha value is -3.03. The number of aromatic nitrogens is 2. The lowest BCUT2D eigenvalue weighted by molar-refractivity contribution is 0.0527. The van der Waals surface area contributed by atoms with Gasteiger partial charge in [0.1, 0.15) is 5.60 Å². The number of hydrogen-bond acceptors (Lipinski definition) is 4. The Morgan fingerprint density at radius 2 is 1.83 bits per heavy atom. The van der Waals surface area contributed by atoms with Crippen molar-refractivity contribution in [1.29, 1.82) is 0 Å². The van der Waals surface area contributed by atoms with E-state index < -0.39 is 11.7 Å². The summed E-state index contributed by atoms with van der Waals surface area (Å²) < 4.78 is 7.14. The third kappa shape index (κ3) is 9.45. The first-order valence-electron chi connectivity index (χ1n) is 10.4. The Bertz CT molecular complexity index is 795. The SMILES string of the molecule is CCNC(=NCc1cnn(Cc2ccccc2)c1)NCCCNC(=O)OC(C)(C)C. The molecule has 1 aromatic heterocycles. The first kappa shape index (κ1) is 23.3. The van der Waals surface area contributed by atoms with E-state index in [0.717, 1.165) is 31.0 Å². The van der Waals surface area contributed by atoms with Crippen molar-refractivity contribution in [2.24, 2.45) is 4.99 Å². The molecule has 3 N–H and O–H groups in total. The third-order valence-electron chi connectivity index (χ3n) is 3.95. The third-order valence-corrected chi connectivity index (χ3v) is 3.95. The van der Waals surface area contributed by atoms with Gasteiger partial charge in [0.2, 0.25) is 0 Å². The highest BCUT2D eigenvalue weighted by Gasteiger charge is 2.15. The Morgan fingerprint density at radius 3 is 2.53 bits per heavy atom. The van der Waals surface area contributed by atoms with Crippen LogP contribution < -0.4 is 16.0 Å². The van der Waals surface area contributed by atoms with Crippen molar-refractivity contribution >= 4 is 12.1 Å². The zero-order chi connectivity index (χ0) is 21.8.